The molecule has 0 bridgehead atoms. The molecule has 3 rings (SSSR count). The summed E-state index contributed by atoms with van der Waals surface area (Å²) in [6.45, 7) is 1.37. The second-order valence-corrected chi connectivity index (χ2v) is 5.91. The van der Waals surface area contributed by atoms with Gasteiger partial charge in [-0.25, -0.2) is 0 Å². The van der Waals surface area contributed by atoms with Crippen LogP contribution < -0.4 is 5.73 Å². The predicted octanol–water partition coefficient (Wildman–Crippen LogP) is 2.37. The number of aliphatic hydroxyl groups excluding tert-OH is 1. The van der Waals surface area contributed by atoms with Crippen molar-refractivity contribution in [3.05, 3.63) is 35.4 Å². The van der Waals surface area contributed by atoms with Crippen LogP contribution in [0.2, 0.25) is 0 Å². The van der Waals surface area contributed by atoms with Crippen molar-refractivity contribution in [2.75, 3.05) is 13.2 Å². The zero-order chi connectivity index (χ0) is 13.2. The zero-order valence-corrected chi connectivity index (χ0v) is 11.5. The summed E-state index contributed by atoms with van der Waals surface area (Å²) in [5.74, 6) is 0. The van der Waals surface area contributed by atoms with Crippen LogP contribution in [0.4, 0.5) is 0 Å². The van der Waals surface area contributed by atoms with Gasteiger partial charge in [0.2, 0.25) is 0 Å². The minimum atomic E-state index is 0.156. The van der Waals surface area contributed by atoms with Gasteiger partial charge in [-0.15, -0.1) is 0 Å². The number of benzene rings is 1. The molecule has 0 aromatic heterocycles. The van der Waals surface area contributed by atoms with E-state index >= 15 is 0 Å². The van der Waals surface area contributed by atoms with Gasteiger partial charge in [-0.1, -0.05) is 37.1 Å². The van der Waals surface area contributed by atoms with Gasteiger partial charge >= 0.3 is 0 Å². The average molecular weight is 260 g/mol. The summed E-state index contributed by atoms with van der Waals surface area (Å²) in [5.41, 5.74) is 8.96. The minimum absolute atomic E-state index is 0.156. The summed E-state index contributed by atoms with van der Waals surface area (Å²) < 4.78 is 0. The molecule has 19 heavy (non-hydrogen) atoms. The lowest BCUT2D eigenvalue weighted by Crippen LogP contribution is -2.39. The Labute approximate surface area is 115 Å². The van der Waals surface area contributed by atoms with E-state index in [1.54, 1.807) is 0 Å². The third-order valence-electron chi connectivity index (χ3n) is 4.77. The molecule has 3 atom stereocenters. The van der Waals surface area contributed by atoms with E-state index in [4.69, 9.17) is 5.73 Å². The molecular weight excluding hydrogens is 236 g/mol. The Balaban J connectivity index is 1.89. The van der Waals surface area contributed by atoms with E-state index < -0.39 is 0 Å². The second kappa shape index (κ2) is 5.61. The summed E-state index contributed by atoms with van der Waals surface area (Å²) in [5, 5.41) is 9.69. The Morgan fingerprint density at radius 1 is 1.16 bits per heavy atom. The molecule has 0 amide bonds. The maximum atomic E-state index is 9.69. The van der Waals surface area contributed by atoms with Gasteiger partial charge in [-0.2, -0.15) is 0 Å². The molecule has 1 fully saturated rings. The predicted molar refractivity (Wildman–Crippen MR) is 76.8 cm³/mol. The summed E-state index contributed by atoms with van der Waals surface area (Å²) in [6, 6.07) is 9.43. The molecule has 1 heterocycles. The largest absolute Gasteiger partial charge is 0.395 e. The van der Waals surface area contributed by atoms with Crippen LogP contribution in [0.5, 0.6) is 0 Å². The molecule has 1 aliphatic carbocycles. The second-order valence-electron chi connectivity index (χ2n) is 5.91. The van der Waals surface area contributed by atoms with Crippen molar-refractivity contribution in [3.8, 4) is 0 Å². The number of hydrogen-bond acceptors (Lipinski definition) is 3. The maximum absolute atomic E-state index is 9.69. The Hall–Kier alpha value is -0.900. The first kappa shape index (κ1) is 13.1. The lowest BCUT2D eigenvalue weighted by molar-refractivity contribution is 0.0824. The van der Waals surface area contributed by atoms with E-state index in [1.807, 2.05) is 0 Å². The van der Waals surface area contributed by atoms with Gasteiger partial charge in [-0.05, 0) is 36.9 Å². The first-order valence-corrected chi connectivity index (χ1v) is 7.52. The van der Waals surface area contributed by atoms with Crippen LogP contribution in [-0.4, -0.2) is 29.2 Å². The smallest absolute Gasteiger partial charge is 0.0587 e. The molecular formula is C16H24N2O. The fourth-order valence-electron chi connectivity index (χ4n) is 3.77. The Morgan fingerprint density at radius 3 is 2.74 bits per heavy atom. The normalized spacial score (nSPS) is 32.0. The molecule has 104 valence electrons. The highest BCUT2D eigenvalue weighted by Gasteiger charge is 2.35. The lowest BCUT2D eigenvalue weighted by Gasteiger charge is -2.34. The number of aliphatic hydroxyl groups is 1. The Kier molecular flexibility index (Phi) is 3.87. The number of fused-ring (bicyclic) bond motifs is 1. The molecule has 1 aromatic carbocycles. The summed E-state index contributed by atoms with van der Waals surface area (Å²) in [6.07, 6.45) is 5.88. The Morgan fingerprint density at radius 2 is 1.95 bits per heavy atom. The van der Waals surface area contributed by atoms with Crippen molar-refractivity contribution >= 4 is 0 Å². The quantitative estimate of drug-likeness (QED) is 0.858. The van der Waals surface area contributed by atoms with Crippen LogP contribution in [0.15, 0.2) is 24.3 Å². The molecule has 0 saturated carbocycles. The van der Waals surface area contributed by atoms with Gasteiger partial charge in [0.15, 0.2) is 0 Å². The first-order valence-electron chi connectivity index (χ1n) is 7.52. The van der Waals surface area contributed by atoms with Gasteiger partial charge in [0.05, 0.1) is 6.61 Å². The number of likely N-dealkylation sites (tertiary alicyclic amines) is 1. The molecule has 0 radical (unpaired) electrons. The van der Waals surface area contributed by atoms with E-state index in [9.17, 15) is 5.11 Å². The topological polar surface area (TPSA) is 49.5 Å². The standard InChI is InChI=1S/C16H24N2O/c17-15-10-16(14-8-4-3-7-13(14)15)18-9-5-1-2-6-12(18)11-19/h3-4,7-8,12,15-16,19H,1-2,5-6,9-11,17H2. The summed E-state index contributed by atoms with van der Waals surface area (Å²) >= 11 is 0. The first-order chi connectivity index (χ1) is 9.31. The molecule has 1 aromatic rings. The fraction of sp³-hybridized carbons (Fsp3) is 0.625. The van der Waals surface area contributed by atoms with Gasteiger partial charge in [0, 0.05) is 18.1 Å². The van der Waals surface area contributed by atoms with Gasteiger partial charge in [0.25, 0.3) is 0 Å². The van der Waals surface area contributed by atoms with Crippen molar-refractivity contribution in [3.63, 3.8) is 0 Å². The van der Waals surface area contributed by atoms with Crippen LogP contribution in [0.25, 0.3) is 0 Å². The van der Waals surface area contributed by atoms with E-state index in [0.29, 0.717) is 12.1 Å². The summed E-state index contributed by atoms with van der Waals surface area (Å²) in [4.78, 5) is 2.51. The van der Waals surface area contributed by atoms with Crippen molar-refractivity contribution in [1.29, 1.82) is 0 Å². The third kappa shape index (κ3) is 2.42. The highest BCUT2D eigenvalue weighted by Crippen LogP contribution is 2.42. The van der Waals surface area contributed by atoms with E-state index in [0.717, 1.165) is 19.4 Å². The van der Waals surface area contributed by atoms with Crippen LogP contribution in [-0.2, 0) is 0 Å². The van der Waals surface area contributed by atoms with Crippen LogP contribution >= 0.6 is 0 Å². The molecule has 3 heteroatoms. The number of hydrogen-bond donors (Lipinski definition) is 2. The molecule has 3 N–H and O–H groups in total. The summed E-state index contributed by atoms with van der Waals surface area (Å²) in [7, 11) is 0. The monoisotopic (exact) mass is 260 g/mol. The molecule has 2 aliphatic rings. The van der Waals surface area contributed by atoms with E-state index in [-0.39, 0.29) is 12.6 Å². The van der Waals surface area contributed by atoms with Crippen LogP contribution in [0, 0.1) is 0 Å². The maximum Gasteiger partial charge on any atom is 0.0587 e. The fourth-order valence-corrected chi connectivity index (χ4v) is 3.77. The molecule has 3 unspecified atom stereocenters. The third-order valence-corrected chi connectivity index (χ3v) is 4.77. The average Bonchev–Trinajstić information content (AvgIpc) is 2.64. The van der Waals surface area contributed by atoms with Crippen molar-refractivity contribution in [2.24, 2.45) is 5.73 Å². The van der Waals surface area contributed by atoms with Crippen LogP contribution in [0.1, 0.15) is 55.3 Å². The molecule has 0 spiro atoms. The van der Waals surface area contributed by atoms with Crippen molar-refractivity contribution in [2.45, 2.75) is 50.2 Å². The Bertz CT molecular complexity index is 435. The number of nitrogens with two attached hydrogens (primary N) is 1. The van der Waals surface area contributed by atoms with Gasteiger partial charge < -0.3 is 10.8 Å². The van der Waals surface area contributed by atoms with Crippen LogP contribution in [0.3, 0.4) is 0 Å². The minimum Gasteiger partial charge on any atom is -0.395 e. The number of nitrogens with zero attached hydrogens (tertiary/aromatic N) is 1. The molecule has 3 nitrogen and oxygen atoms in total. The SMILES string of the molecule is NC1CC(N2CCCCCC2CO)c2ccccc21. The van der Waals surface area contributed by atoms with Gasteiger partial charge in [0.1, 0.15) is 0 Å². The van der Waals surface area contributed by atoms with E-state index in [1.165, 1.54) is 30.4 Å². The van der Waals surface area contributed by atoms with Crippen molar-refractivity contribution < 1.29 is 5.11 Å². The molecule has 1 aliphatic heterocycles. The highest BCUT2D eigenvalue weighted by atomic mass is 16.3. The lowest BCUT2D eigenvalue weighted by atomic mass is 10.0. The molecule has 1 saturated heterocycles. The highest BCUT2D eigenvalue weighted by molar-refractivity contribution is 5.37. The van der Waals surface area contributed by atoms with Gasteiger partial charge in [-0.3, -0.25) is 4.90 Å². The van der Waals surface area contributed by atoms with Crippen molar-refractivity contribution in [1.82, 2.24) is 4.90 Å². The zero-order valence-electron chi connectivity index (χ0n) is 11.5. The number of rotatable bonds is 2. The van der Waals surface area contributed by atoms with E-state index in [2.05, 4.69) is 29.2 Å².